The highest BCUT2D eigenvalue weighted by molar-refractivity contribution is 5.92. The van der Waals surface area contributed by atoms with Gasteiger partial charge in [0.05, 0.1) is 0 Å². The van der Waals surface area contributed by atoms with Gasteiger partial charge >= 0.3 is 0 Å². The highest BCUT2D eigenvalue weighted by Gasteiger charge is 2.14. The van der Waals surface area contributed by atoms with Crippen LogP contribution >= 0.6 is 0 Å². The summed E-state index contributed by atoms with van der Waals surface area (Å²) in [5.41, 5.74) is 3.62. The first-order valence-electron chi connectivity index (χ1n) is 9.23. The number of rotatable bonds is 7. The van der Waals surface area contributed by atoms with Crippen molar-refractivity contribution >= 4 is 11.6 Å². The number of quaternary nitrogens is 1. The molecule has 0 saturated heterocycles. The summed E-state index contributed by atoms with van der Waals surface area (Å²) in [7, 11) is 0. The maximum absolute atomic E-state index is 13.4. The molecule has 1 amide bonds. The maximum Gasteiger partial charge on any atom is 0.279 e. The molecule has 0 aliphatic heterocycles. The molecule has 0 aliphatic rings. The number of nitrogens with one attached hydrogen (secondary N) is 1. The monoisotopic (exact) mass is 381 g/mol. The number of carbonyl (C=O) groups is 1. The Balaban J connectivity index is 1.59. The first-order valence-corrected chi connectivity index (χ1v) is 9.23. The standard InChI is InChI=1S/C23H22F2N2O/c1-16(18-11-12-20(24)21(25)14-18)26-15-23(28)27-22-10-6-5-9-19(22)13-17-7-3-2-4-8-17/h2-12,14,16,26H,13,15H2,1H3,(H,27,28)/p+1/t16-/m0/s1. The van der Waals surface area contributed by atoms with Crippen molar-refractivity contribution in [3.8, 4) is 0 Å². The van der Waals surface area contributed by atoms with Gasteiger partial charge in [-0.05, 0) is 48.7 Å². The summed E-state index contributed by atoms with van der Waals surface area (Å²) in [5, 5.41) is 4.75. The van der Waals surface area contributed by atoms with E-state index in [1.165, 1.54) is 17.7 Å². The van der Waals surface area contributed by atoms with Gasteiger partial charge in [0, 0.05) is 11.3 Å². The summed E-state index contributed by atoms with van der Waals surface area (Å²) in [5.74, 6) is -1.89. The Morgan fingerprint density at radius 1 is 0.964 bits per heavy atom. The molecule has 3 N–H and O–H groups in total. The van der Waals surface area contributed by atoms with Crippen molar-refractivity contribution in [1.29, 1.82) is 0 Å². The molecule has 5 heteroatoms. The van der Waals surface area contributed by atoms with Crippen molar-refractivity contribution in [3.05, 3.63) is 101 Å². The van der Waals surface area contributed by atoms with E-state index in [1.807, 2.05) is 49.4 Å². The normalized spacial score (nSPS) is 11.8. The van der Waals surface area contributed by atoms with Gasteiger partial charge in [-0.2, -0.15) is 0 Å². The molecule has 0 aromatic heterocycles. The lowest BCUT2D eigenvalue weighted by Crippen LogP contribution is -2.86. The number of carbonyl (C=O) groups excluding carboxylic acids is 1. The molecule has 0 radical (unpaired) electrons. The minimum absolute atomic E-state index is 0.144. The zero-order valence-electron chi connectivity index (χ0n) is 15.7. The minimum Gasteiger partial charge on any atom is -0.333 e. The van der Waals surface area contributed by atoms with Gasteiger partial charge in [-0.1, -0.05) is 48.5 Å². The fourth-order valence-electron chi connectivity index (χ4n) is 3.03. The lowest BCUT2D eigenvalue weighted by atomic mass is 10.0. The number of hydrogen-bond donors (Lipinski definition) is 2. The van der Waals surface area contributed by atoms with Gasteiger partial charge in [0.1, 0.15) is 6.04 Å². The Kier molecular flexibility index (Phi) is 6.50. The third kappa shape index (κ3) is 5.24. The van der Waals surface area contributed by atoms with E-state index in [-0.39, 0.29) is 18.5 Å². The van der Waals surface area contributed by atoms with Crippen LogP contribution in [-0.4, -0.2) is 12.5 Å². The van der Waals surface area contributed by atoms with E-state index in [9.17, 15) is 13.6 Å². The summed E-state index contributed by atoms with van der Waals surface area (Å²) >= 11 is 0. The highest BCUT2D eigenvalue weighted by Crippen LogP contribution is 2.19. The minimum atomic E-state index is -0.878. The van der Waals surface area contributed by atoms with Crippen molar-refractivity contribution in [2.75, 3.05) is 11.9 Å². The fraction of sp³-hybridized carbons (Fsp3) is 0.174. The topological polar surface area (TPSA) is 45.7 Å². The first-order chi connectivity index (χ1) is 13.5. The van der Waals surface area contributed by atoms with E-state index in [0.29, 0.717) is 5.56 Å². The van der Waals surface area contributed by atoms with Crippen LogP contribution in [-0.2, 0) is 11.2 Å². The van der Waals surface area contributed by atoms with Crippen molar-refractivity contribution in [2.24, 2.45) is 0 Å². The van der Waals surface area contributed by atoms with Gasteiger partial charge in [-0.25, -0.2) is 8.78 Å². The molecule has 1 atom stereocenters. The van der Waals surface area contributed by atoms with Gasteiger partial charge in [0.2, 0.25) is 0 Å². The van der Waals surface area contributed by atoms with Crippen LogP contribution in [0.3, 0.4) is 0 Å². The molecule has 3 aromatic rings. The summed E-state index contributed by atoms with van der Waals surface area (Å²) in [6, 6.07) is 21.4. The number of benzene rings is 3. The number of anilines is 1. The molecule has 0 spiro atoms. The van der Waals surface area contributed by atoms with Gasteiger partial charge in [-0.15, -0.1) is 0 Å². The quantitative estimate of drug-likeness (QED) is 0.642. The third-order valence-electron chi connectivity index (χ3n) is 4.66. The average Bonchev–Trinajstić information content (AvgIpc) is 2.70. The number of halogens is 2. The Hall–Kier alpha value is -3.05. The predicted octanol–water partition coefficient (Wildman–Crippen LogP) is 3.82. The molecule has 28 heavy (non-hydrogen) atoms. The number of amides is 1. The van der Waals surface area contributed by atoms with Crippen LogP contribution in [0.4, 0.5) is 14.5 Å². The van der Waals surface area contributed by atoms with Crippen LogP contribution in [0.2, 0.25) is 0 Å². The lowest BCUT2D eigenvalue weighted by Gasteiger charge is -2.13. The molecule has 3 aromatic carbocycles. The summed E-state index contributed by atoms with van der Waals surface area (Å²) < 4.78 is 26.4. The second-order valence-corrected chi connectivity index (χ2v) is 6.77. The van der Waals surface area contributed by atoms with Crippen LogP contribution in [0.25, 0.3) is 0 Å². The Morgan fingerprint density at radius 3 is 2.43 bits per heavy atom. The van der Waals surface area contributed by atoms with Crippen molar-refractivity contribution in [1.82, 2.24) is 0 Å². The van der Waals surface area contributed by atoms with Crippen molar-refractivity contribution in [3.63, 3.8) is 0 Å². The molecular weight excluding hydrogens is 358 g/mol. The maximum atomic E-state index is 13.4. The zero-order valence-corrected chi connectivity index (χ0v) is 15.7. The summed E-state index contributed by atoms with van der Waals surface area (Å²) in [4.78, 5) is 12.4. The summed E-state index contributed by atoms with van der Waals surface area (Å²) in [6.45, 7) is 2.03. The molecule has 3 rings (SSSR count). The van der Waals surface area contributed by atoms with Crippen molar-refractivity contribution < 1.29 is 18.9 Å². The van der Waals surface area contributed by atoms with E-state index in [2.05, 4.69) is 17.4 Å². The Labute approximate surface area is 163 Å². The van der Waals surface area contributed by atoms with E-state index < -0.39 is 11.6 Å². The first kappa shape index (κ1) is 19.7. The smallest absolute Gasteiger partial charge is 0.279 e. The molecule has 144 valence electrons. The van der Waals surface area contributed by atoms with Gasteiger partial charge in [0.25, 0.3) is 5.91 Å². The number of nitrogens with two attached hydrogens (primary N) is 1. The van der Waals surface area contributed by atoms with E-state index >= 15 is 0 Å². The predicted molar refractivity (Wildman–Crippen MR) is 106 cm³/mol. The highest BCUT2D eigenvalue weighted by atomic mass is 19.2. The largest absolute Gasteiger partial charge is 0.333 e. The lowest BCUT2D eigenvalue weighted by molar-refractivity contribution is -0.682. The molecule has 0 bridgehead atoms. The zero-order chi connectivity index (χ0) is 19.9. The number of para-hydroxylation sites is 1. The van der Waals surface area contributed by atoms with Crippen LogP contribution in [0.15, 0.2) is 72.8 Å². The van der Waals surface area contributed by atoms with E-state index in [1.54, 1.807) is 5.32 Å². The molecule has 0 aliphatic carbocycles. The Morgan fingerprint density at radius 2 is 1.68 bits per heavy atom. The molecule has 3 nitrogen and oxygen atoms in total. The fourth-order valence-corrected chi connectivity index (χ4v) is 3.03. The van der Waals surface area contributed by atoms with Crippen LogP contribution in [0.5, 0.6) is 0 Å². The molecular formula is C23H23F2N2O+. The van der Waals surface area contributed by atoms with Crippen LogP contribution in [0.1, 0.15) is 29.7 Å². The average molecular weight is 381 g/mol. The van der Waals surface area contributed by atoms with Gasteiger partial charge < -0.3 is 10.6 Å². The van der Waals surface area contributed by atoms with E-state index in [0.717, 1.165) is 23.7 Å². The number of hydrogen-bond acceptors (Lipinski definition) is 1. The second-order valence-electron chi connectivity index (χ2n) is 6.77. The Bertz CT molecular complexity index is 944. The second kappa shape index (κ2) is 9.24. The van der Waals surface area contributed by atoms with Crippen LogP contribution in [0, 0.1) is 11.6 Å². The molecule has 0 heterocycles. The van der Waals surface area contributed by atoms with Gasteiger partial charge in [0.15, 0.2) is 18.2 Å². The van der Waals surface area contributed by atoms with E-state index in [4.69, 9.17) is 0 Å². The van der Waals surface area contributed by atoms with Crippen LogP contribution < -0.4 is 10.6 Å². The molecule has 0 fully saturated rings. The van der Waals surface area contributed by atoms with Gasteiger partial charge in [-0.3, -0.25) is 4.79 Å². The molecule has 0 saturated carbocycles. The summed E-state index contributed by atoms with van der Waals surface area (Å²) in [6.07, 6.45) is 0.728. The molecule has 0 unspecified atom stereocenters. The SMILES string of the molecule is C[C@H]([NH2+]CC(=O)Nc1ccccc1Cc1ccccc1)c1ccc(F)c(F)c1. The van der Waals surface area contributed by atoms with Crippen molar-refractivity contribution in [2.45, 2.75) is 19.4 Å². The third-order valence-corrected chi connectivity index (χ3v) is 4.66.